The van der Waals surface area contributed by atoms with Gasteiger partial charge in [-0.25, -0.2) is 22.8 Å². The number of non-ortho nitro benzene ring substituents is 2. The number of ether oxygens (including phenoxy) is 4. The van der Waals surface area contributed by atoms with Gasteiger partial charge < -0.3 is 50.0 Å². The summed E-state index contributed by atoms with van der Waals surface area (Å²) in [6.45, 7) is 17.7. The number of nitro groups is 2. The number of thiophene rings is 1. The van der Waals surface area contributed by atoms with Crippen molar-refractivity contribution in [1.29, 1.82) is 5.26 Å². The first-order valence-corrected chi connectivity index (χ1v) is 34.0. The largest absolute Gasteiger partial charge is 0.399 e. The van der Waals surface area contributed by atoms with Gasteiger partial charge in [0.05, 0.1) is 108 Å². The maximum absolute atomic E-state index is 12.3. The summed E-state index contributed by atoms with van der Waals surface area (Å²) in [5, 5.41) is 43.0. The monoisotopic (exact) mass is 1350 g/mol. The van der Waals surface area contributed by atoms with Crippen LogP contribution in [0.15, 0.2) is 150 Å². The van der Waals surface area contributed by atoms with E-state index in [2.05, 4.69) is 60.8 Å². The number of nitrogens with zero attached hydrogens (tertiary/aromatic N) is 11. The lowest BCUT2D eigenvalue weighted by Crippen LogP contribution is -2.64. The molecule has 0 amide bonds. The number of nitro benzene ring substituents is 2. The lowest BCUT2D eigenvalue weighted by atomic mass is 9.89. The first-order chi connectivity index (χ1) is 45.2. The van der Waals surface area contributed by atoms with Crippen molar-refractivity contribution in [3.8, 4) is 17.3 Å². The standard InChI is InChI=1S/C26H28N8O3S2.C10H12N2O3.C10H14N2O.C7H8O3S.C6H4FNO2.C4H9NO/c1-2-39(35,36)33-17-26(18-33,8-9-27)34-16-19(15-28-34)23-24-22(7-14-38-24)30-25(31-23)29-20-3-5-21(6-4-20)32-10-12-37-13-11-32;13-12(14)10-3-1-9(2-4-10)11-5-7-15-8-6-11;11-9-1-3-10(4-2-9)12-5-7-13-8-6-12;1-6-2-4-7(5-3-6)11(8,9)10;7-5-1-3-6(4-2-5)8(9)10;1-3-6-4-2-5-1/h3-7,14-16H,2,8,10-13,17-18H2,1H3,(H,29,30,31);1-4H,5-8H2;1-4H,5-8,11H2;2-5H,1H3,(H,8,9,10);1-4H;5H,1-4H2. The number of anilines is 6. The molecule has 13 rings (SSSR count). The molecule has 0 saturated carbocycles. The van der Waals surface area contributed by atoms with E-state index < -0.39 is 36.4 Å². The summed E-state index contributed by atoms with van der Waals surface area (Å²) in [6.07, 6.45) is 3.74. The van der Waals surface area contributed by atoms with Crippen molar-refractivity contribution in [2.24, 2.45) is 0 Å². The van der Waals surface area contributed by atoms with Crippen molar-refractivity contribution in [3.63, 3.8) is 0 Å². The van der Waals surface area contributed by atoms with Crippen LogP contribution in [0.3, 0.4) is 0 Å². The topological polar surface area (TPSA) is 342 Å². The number of nitrogens with two attached hydrogens (primary N) is 1. The third-order valence-electron chi connectivity index (χ3n) is 15.2. The van der Waals surface area contributed by atoms with Gasteiger partial charge in [0.15, 0.2) is 0 Å². The summed E-state index contributed by atoms with van der Waals surface area (Å²) < 4.78 is 91.4. The number of aryl methyl sites for hydroxylation is 1. The Kier molecular flexibility index (Phi) is 26.0. The molecule has 0 radical (unpaired) electrons. The van der Waals surface area contributed by atoms with Gasteiger partial charge in [-0.05, 0) is 110 Å². The summed E-state index contributed by atoms with van der Waals surface area (Å²) in [7, 11) is -7.34. The Balaban J connectivity index is 0.000000168. The third kappa shape index (κ3) is 20.6. The van der Waals surface area contributed by atoms with Crippen LogP contribution in [0.2, 0.25) is 0 Å². The molecule has 94 heavy (non-hydrogen) atoms. The summed E-state index contributed by atoms with van der Waals surface area (Å²) in [4.78, 5) is 35.7. The van der Waals surface area contributed by atoms with E-state index in [1.165, 1.54) is 34.3 Å². The van der Waals surface area contributed by atoms with Gasteiger partial charge >= 0.3 is 0 Å². The predicted octanol–water partition coefficient (Wildman–Crippen LogP) is 8.53. The Bertz CT molecular complexity index is 3960. The van der Waals surface area contributed by atoms with Crippen LogP contribution in [0.25, 0.3) is 21.5 Å². The summed E-state index contributed by atoms with van der Waals surface area (Å²) in [6, 6.07) is 37.3. The highest BCUT2D eigenvalue weighted by atomic mass is 32.2. The molecule has 0 atom stereocenters. The molecule has 0 unspecified atom stereocenters. The number of nitrogens with one attached hydrogen (secondary N) is 2. The molecule has 5 aliphatic rings. The maximum atomic E-state index is 12.3. The molecule has 31 heteroatoms. The number of sulfonamides is 1. The Morgan fingerprint density at radius 3 is 1.63 bits per heavy atom. The molecule has 8 heterocycles. The average Bonchev–Trinajstić information content (AvgIpc) is 1.35. The van der Waals surface area contributed by atoms with E-state index in [4.69, 9.17) is 39.2 Å². The zero-order chi connectivity index (χ0) is 67.1. The highest BCUT2D eigenvalue weighted by Crippen LogP contribution is 2.38. The van der Waals surface area contributed by atoms with Crippen molar-refractivity contribution in [2.45, 2.75) is 30.7 Å². The number of morpholine rings is 4. The third-order valence-corrected chi connectivity index (χ3v) is 18.7. The number of rotatable bonds is 13. The smallest absolute Gasteiger partial charge is 0.294 e. The number of nitrogen functional groups attached to an aromatic ring is 1. The van der Waals surface area contributed by atoms with E-state index >= 15 is 0 Å². The second-order valence-corrected chi connectivity index (χ2v) is 26.2. The lowest BCUT2D eigenvalue weighted by molar-refractivity contribution is -0.385. The van der Waals surface area contributed by atoms with Gasteiger partial charge in [-0.3, -0.25) is 29.5 Å². The zero-order valence-corrected chi connectivity index (χ0v) is 54.4. The highest BCUT2D eigenvalue weighted by molar-refractivity contribution is 7.89. The van der Waals surface area contributed by atoms with E-state index in [-0.39, 0.29) is 46.5 Å². The number of hydrogen-bond acceptors (Lipinski definition) is 23. The van der Waals surface area contributed by atoms with Crippen LogP contribution < -0.4 is 31.1 Å². The molecular weight excluding hydrogens is 1280 g/mol. The van der Waals surface area contributed by atoms with Gasteiger partial charge in [-0.2, -0.15) is 23.1 Å². The minimum absolute atomic E-state index is 0.0308. The molecule has 8 aromatic rings. The molecule has 500 valence electrons. The van der Waals surface area contributed by atoms with Crippen LogP contribution in [0, 0.1) is 44.3 Å². The second kappa shape index (κ2) is 34.4. The molecule has 5 fully saturated rings. The Hall–Kier alpha value is -8.81. The van der Waals surface area contributed by atoms with E-state index in [9.17, 15) is 46.7 Å². The minimum atomic E-state index is -4.02. The van der Waals surface area contributed by atoms with Crippen LogP contribution in [-0.2, 0) is 44.6 Å². The number of aromatic nitrogens is 4. The molecule has 5 saturated heterocycles. The van der Waals surface area contributed by atoms with Gasteiger partial charge in [0.25, 0.3) is 21.5 Å². The molecule has 5 aromatic carbocycles. The van der Waals surface area contributed by atoms with Crippen LogP contribution in [0.1, 0.15) is 18.9 Å². The molecule has 0 bridgehead atoms. The number of hydrogen-bond donors (Lipinski definition) is 4. The highest BCUT2D eigenvalue weighted by Gasteiger charge is 2.50. The molecule has 0 aliphatic carbocycles. The molecule has 5 N–H and O–H groups in total. The van der Waals surface area contributed by atoms with Crippen LogP contribution >= 0.6 is 11.3 Å². The van der Waals surface area contributed by atoms with Crippen molar-refractivity contribution < 1.29 is 54.6 Å². The van der Waals surface area contributed by atoms with E-state index in [1.807, 2.05) is 48.8 Å². The molecular formula is C63H75FN14O13S3. The SMILES string of the molecule is C1COCCN1.CCS(=O)(=O)N1CC(CC#N)(n2cc(-c3nc(Nc4ccc(N5CCOCC5)cc4)nc4ccsc34)cn2)C1.Cc1ccc(S(=O)(=O)O)cc1.Nc1ccc(N2CCOCC2)cc1.O=[N+]([O-])c1ccc(F)cc1.O=[N+]([O-])c1ccc(N2CCOCC2)cc1. The molecule has 0 spiro atoms. The maximum Gasteiger partial charge on any atom is 0.294 e. The Morgan fingerprint density at radius 2 is 1.18 bits per heavy atom. The summed E-state index contributed by atoms with van der Waals surface area (Å²) in [5.41, 5.74) is 13.3. The Labute approximate surface area is 548 Å². The Morgan fingerprint density at radius 1 is 0.702 bits per heavy atom. The first-order valence-electron chi connectivity index (χ1n) is 30.1. The van der Waals surface area contributed by atoms with Gasteiger partial charge in [0, 0.05) is 130 Å². The average molecular weight is 1350 g/mol. The van der Waals surface area contributed by atoms with E-state index in [0.29, 0.717) is 5.95 Å². The fourth-order valence-electron chi connectivity index (χ4n) is 9.90. The second-order valence-electron chi connectivity index (χ2n) is 21.7. The summed E-state index contributed by atoms with van der Waals surface area (Å²) in [5.74, 6) is 0.0344. The number of benzene rings is 5. The molecule has 3 aromatic heterocycles. The normalized spacial score (nSPS) is 16.2. The minimum Gasteiger partial charge on any atom is -0.399 e. The van der Waals surface area contributed by atoms with Crippen molar-refractivity contribution in [3.05, 3.63) is 177 Å². The van der Waals surface area contributed by atoms with Gasteiger partial charge in [0.1, 0.15) is 11.4 Å². The van der Waals surface area contributed by atoms with Crippen molar-refractivity contribution in [1.82, 2.24) is 29.4 Å². The van der Waals surface area contributed by atoms with Crippen molar-refractivity contribution in [2.75, 3.05) is 150 Å². The lowest BCUT2D eigenvalue weighted by Gasteiger charge is -2.47. The van der Waals surface area contributed by atoms with Crippen LogP contribution in [-0.4, -0.2) is 179 Å². The van der Waals surface area contributed by atoms with E-state index in [0.717, 1.165) is 179 Å². The number of fused-ring (bicyclic) bond motifs is 1. The zero-order valence-electron chi connectivity index (χ0n) is 51.9. The van der Waals surface area contributed by atoms with Gasteiger partial charge in [-0.1, -0.05) is 17.7 Å². The molecule has 27 nitrogen and oxygen atoms in total. The first kappa shape index (κ1) is 71.0. The quantitative estimate of drug-likeness (QED) is 0.0363. The van der Waals surface area contributed by atoms with Crippen molar-refractivity contribution >= 4 is 87.5 Å². The fourth-order valence-corrected chi connectivity index (χ4v) is 12.5. The van der Waals surface area contributed by atoms with Gasteiger partial charge in [-0.15, -0.1) is 11.3 Å². The van der Waals surface area contributed by atoms with Crippen LogP contribution in [0.4, 0.5) is 50.2 Å². The fraction of sp³-hybridized carbons (Fsp3) is 0.365. The van der Waals surface area contributed by atoms with Gasteiger partial charge in [0.2, 0.25) is 16.0 Å². The molecule has 5 aliphatic heterocycles. The van der Waals surface area contributed by atoms with Crippen LogP contribution in [0.5, 0.6) is 0 Å². The number of nitriles is 1. The predicted molar refractivity (Wildman–Crippen MR) is 358 cm³/mol. The van der Waals surface area contributed by atoms with E-state index in [1.54, 1.807) is 53.4 Å². The summed E-state index contributed by atoms with van der Waals surface area (Å²) >= 11 is 1.55. The number of halogens is 1.